The van der Waals surface area contributed by atoms with Crippen molar-refractivity contribution in [3.8, 4) is 0 Å². The minimum absolute atomic E-state index is 0.268. The molecule has 0 aliphatic heterocycles. The standard InChI is InChI=1S/C20H25NO5S/c1-4-26-20(25)16-12-6-5-7-15(12)27-18(16)21-17(22)13-8-10(2)11(3)9-14(13)19(23)24/h13-14H,4-9H2,1-3H3,(H,21,22)(H,23,24)/t13-,14+/m0/s1. The van der Waals surface area contributed by atoms with Crippen LogP contribution >= 0.6 is 11.3 Å². The minimum atomic E-state index is -0.957. The van der Waals surface area contributed by atoms with Crippen LogP contribution in [0.25, 0.3) is 0 Å². The number of carboxylic acids is 1. The number of esters is 1. The fraction of sp³-hybridized carbons (Fsp3) is 0.550. The van der Waals surface area contributed by atoms with Gasteiger partial charge in [-0.1, -0.05) is 11.1 Å². The molecule has 0 fully saturated rings. The van der Waals surface area contributed by atoms with Crippen LogP contribution in [0.5, 0.6) is 0 Å². The van der Waals surface area contributed by atoms with Crippen molar-refractivity contribution >= 4 is 34.2 Å². The van der Waals surface area contributed by atoms with Gasteiger partial charge in [0.15, 0.2) is 0 Å². The van der Waals surface area contributed by atoms with Gasteiger partial charge in [0.25, 0.3) is 0 Å². The number of carboxylic acid groups (broad SMARTS) is 1. The Morgan fingerprint density at radius 1 is 1.15 bits per heavy atom. The molecule has 1 aromatic rings. The zero-order valence-electron chi connectivity index (χ0n) is 15.9. The van der Waals surface area contributed by atoms with E-state index in [1.54, 1.807) is 6.92 Å². The second-order valence-corrected chi connectivity index (χ2v) is 8.40. The number of carbonyl (C=O) groups excluding carboxylic acids is 2. The Kier molecular flexibility index (Phi) is 5.69. The number of hydrogen-bond donors (Lipinski definition) is 2. The molecule has 0 spiro atoms. The number of thiophene rings is 1. The average Bonchev–Trinajstić information content (AvgIpc) is 3.17. The molecule has 2 aliphatic carbocycles. The molecule has 1 heterocycles. The third-order valence-electron chi connectivity index (χ3n) is 5.56. The first-order valence-electron chi connectivity index (χ1n) is 9.34. The zero-order chi connectivity index (χ0) is 19.7. The quantitative estimate of drug-likeness (QED) is 0.588. The van der Waals surface area contributed by atoms with E-state index < -0.39 is 23.8 Å². The van der Waals surface area contributed by atoms with Crippen LogP contribution in [-0.4, -0.2) is 29.6 Å². The van der Waals surface area contributed by atoms with Gasteiger partial charge in [0.1, 0.15) is 5.00 Å². The molecule has 2 atom stereocenters. The highest BCUT2D eigenvalue weighted by molar-refractivity contribution is 7.17. The molecule has 6 nitrogen and oxygen atoms in total. The van der Waals surface area contributed by atoms with Crippen LogP contribution in [0.3, 0.4) is 0 Å². The summed E-state index contributed by atoms with van der Waals surface area (Å²) in [4.78, 5) is 38.2. The van der Waals surface area contributed by atoms with Crippen LogP contribution in [0.15, 0.2) is 11.1 Å². The predicted molar refractivity (Wildman–Crippen MR) is 103 cm³/mol. The molecular weight excluding hydrogens is 366 g/mol. The summed E-state index contributed by atoms with van der Waals surface area (Å²) in [6, 6.07) is 0. The molecule has 27 heavy (non-hydrogen) atoms. The van der Waals surface area contributed by atoms with Gasteiger partial charge in [-0.05, 0) is 58.4 Å². The van der Waals surface area contributed by atoms with Crippen molar-refractivity contribution in [1.82, 2.24) is 0 Å². The number of aliphatic carboxylic acids is 1. The fourth-order valence-corrected chi connectivity index (χ4v) is 5.22. The molecule has 0 bridgehead atoms. The number of hydrogen-bond acceptors (Lipinski definition) is 5. The Balaban J connectivity index is 1.88. The number of aryl methyl sites for hydroxylation is 1. The van der Waals surface area contributed by atoms with Crippen molar-refractivity contribution in [3.63, 3.8) is 0 Å². The van der Waals surface area contributed by atoms with Gasteiger partial charge in [0.05, 0.1) is 24.0 Å². The van der Waals surface area contributed by atoms with Gasteiger partial charge in [-0.2, -0.15) is 0 Å². The van der Waals surface area contributed by atoms with E-state index in [0.29, 0.717) is 23.4 Å². The zero-order valence-corrected chi connectivity index (χ0v) is 16.7. The minimum Gasteiger partial charge on any atom is -0.481 e. The lowest BCUT2D eigenvalue weighted by Gasteiger charge is -2.29. The largest absolute Gasteiger partial charge is 0.481 e. The van der Waals surface area contributed by atoms with E-state index >= 15 is 0 Å². The molecule has 0 aromatic carbocycles. The number of allylic oxidation sites excluding steroid dienone is 2. The molecule has 0 unspecified atom stereocenters. The highest BCUT2D eigenvalue weighted by Crippen LogP contribution is 2.41. The van der Waals surface area contributed by atoms with Gasteiger partial charge in [0, 0.05) is 4.88 Å². The third-order valence-corrected chi connectivity index (χ3v) is 6.77. The van der Waals surface area contributed by atoms with Crippen LogP contribution in [0, 0.1) is 11.8 Å². The van der Waals surface area contributed by atoms with Gasteiger partial charge in [-0.3, -0.25) is 9.59 Å². The maximum absolute atomic E-state index is 13.0. The number of anilines is 1. The third kappa shape index (κ3) is 3.78. The topological polar surface area (TPSA) is 92.7 Å². The highest BCUT2D eigenvalue weighted by Gasteiger charge is 2.38. The number of amides is 1. The normalized spacial score (nSPS) is 21.7. The Morgan fingerprint density at radius 2 is 1.81 bits per heavy atom. The predicted octanol–water partition coefficient (Wildman–Crippen LogP) is 3.80. The second kappa shape index (κ2) is 7.84. The second-order valence-electron chi connectivity index (χ2n) is 7.29. The number of ether oxygens (including phenoxy) is 1. The molecule has 7 heteroatoms. The fourth-order valence-electron chi connectivity index (χ4n) is 3.94. The number of nitrogens with one attached hydrogen (secondary N) is 1. The molecule has 0 radical (unpaired) electrons. The highest BCUT2D eigenvalue weighted by atomic mass is 32.1. The van der Waals surface area contributed by atoms with E-state index in [2.05, 4.69) is 5.32 Å². The molecular formula is C20H25NO5S. The molecule has 0 saturated carbocycles. The van der Waals surface area contributed by atoms with Crippen molar-refractivity contribution in [3.05, 3.63) is 27.2 Å². The van der Waals surface area contributed by atoms with E-state index in [0.717, 1.165) is 40.8 Å². The average molecular weight is 391 g/mol. The monoisotopic (exact) mass is 391 g/mol. The molecule has 3 rings (SSSR count). The lowest BCUT2D eigenvalue weighted by Crippen LogP contribution is -2.36. The summed E-state index contributed by atoms with van der Waals surface area (Å²) in [5.74, 6) is -3.09. The van der Waals surface area contributed by atoms with Gasteiger partial charge in [-0.25, -0.2) is 4.79 Å². The van der Waals surface area contributed by atoms with Crippen molar-refractivity contribution in [2.45, 2.75) is 52.9 Å². The van der Waals surface area contributed by atoms with Crippen molar-refractivity contribution in [2.75, 3.05) is 11.9 Å². The summed E-state index contributed by atoms with van der Waals surface area (Å²) in [5.41, 5.74) is 3.52. The maximum atomic E-state index is 13.0. The first kappa shape index (κ1) is 19.6. The van der Waals surface area contributed by atoms with Gasteiger partial charge in [-0.15, -0.1) is 11.3 Å². The smallest absolute Gasteiger partial charge is 0.341 e. The van der Waals surface area contributed by atoms with Crippen molar-refractivity contribution < 1.29 is 24.2 Å². The summed E-state index contributed by atoms with van der Waals surface area (Å²) < 4.78 is 5.18. The van der Waals surface area contributed by atoms with Crippen molar-refractivity contribution in [2.24, 2.45) is 11.8 Å². The van der Waals surface area contributed by atoms with E-state index in [4.69, 9.17) is 4.74 Å². The number of rotatable bonds is 5. The first-order valence-corrected chi connectivity index (χ1v) is 10.2. The Bertz CT molecular complexity index is 823. The summed E-state index contributed by atoms with van der Waals surface area (Å²) in [6.45, 7) is 5.88. The van der Waals surface area contributed by atoms with Crippen LogP contribution in [0.2, 0.25) is 0 Å². The molecule has 1 aromatic heterocycles. The van der Waals surface area contributed by atoms with E-state index in [9.17, 15) is 19.5 Å². The first-order chi connectivity index (χ1) is 12.8. The van der Waals surface area contributed by atoms with Gasteiger partial charge >= 0.3 is 11.9 Å². The van der Waals surface area contributed by atoms with Crippen molar-refractivity contribution in [1.29, 1.82) is 0 Å². The number of carbonyl (C=O) groups is 3. The molecule has 0 saturated heterocycles. The Hall–Kier alpha value is -2.15. The summed E-state index contributed by atoms with van der Waals surface area (Å²) in [5, 5.41) is 12.9. The van der Waals surface area contributed by atoms with Crippen LogP contribution in [0.4, 0.5) is 5.00 Å². The van der Waals surface area contributed by atoms with E-state index in [1.165, 1.54) is 11.3 Å². The summed E-state index contributed by atoms with van der Waals surface area (Å²) in [6.07, 6.45) is 3.50. The Morgan fingerprint density at radius 3 is 2.44 bits per heavy atom. The van der Waals surface area contributed by atoms with Gasteiger partial charge in [0.2, 0.25) is 5.91 Å². The Labute approximate surface area is 162 Å². The lowest BCUT2D eigenvalue weighted by molar-refractivity contribution is -0.146. The van der Waals surface area contributed by atoms with E-state index in [1.807, 2.05) is 13.8 Å². The summed E-state index contributed by atoms with van der Waals surface area (Å²) in [7, 11) is 0. The van der Waals surface area contributed by atoms with Gasteiger partial charge < -0.3 is 15.2 Å². The summed E-state index contributed by atoms with van der Waals surface area (Å²) >= 11 is 1.41. The molecule has 2 N–H and O–H groups in total. The lowest BCUT2D eigenvalue weighted by atomic mass is 9.76. The number of fused-ring (bicyclic) bond motifs is 1. The maximum Gasteiger partial charge on any atom is 0.341 e. The van der Waals surface area contributed by atoms with Crippen LogP contribution in [0.1, 0.15) is 60.8 Å². The van der Waals surface area contributed by atoms with Crippen LogP contribution < -0.4 is 5.32 Å². The SMILES string of the molecule is CCOC(=O)c1c(NC(=O)[C@H]2CC(C)=C(C)C[C@H]2C(=O)O)sc2c1CCC2. The molecule has 1 amide bonds. The molecule has 146 valence electrons. The molecule has 2 aliphatic rings. The van der Waals surface area contributed by atoms with Crippen LogP contribution in [-0.2, 0) is 27.2 Å². The van der Waals surface area contributed by atoms with E-state index in [-0.39, 0.29) is 12.5 Å².